The van der Waals surface area contributed by atoms with Crippen molar-refractivity contribution in [1.82, 2.24) is 9.55 Å². The molecule has 0 aliphatic rings. The zero-order valence-electron chi connectivity index (χ0n) is 9.06. The summed E-state index contributed by atoms with van der Waals surface area (Å²) < 4.78 is 2.24. The Labute approximate surface area is 94.3 Å². The van der Waals surface area contributed by atoms with E-state index in [-0.39, 0.29) is 0 Å². The fourth-order valence-corrected chi connectivity index (χ4v) is 2.73. The van der Waals surface area contributed by atoms with Crippen LogP contribution in [0, 0.1) is 5.92 Å². The lowest BCUT2D eigenvalue weighted by atomic mass is 10.1. The van der Waals surface area contributed by atoms with E-state index >= 15 is 0 Å². The molecule has 0 bridgehead atoms. The predicted molar refractivity (Wildman–Crippen MR) is 65.7 cm³/mol. The molecule has 1 heterocycles. The topological polar surface area (TPSA) is 17.8 Å². The third-order valence-corrected chi connectivity index (χ3v) is 4.23. The van der Waals surface area contributed by atoms with Gasteiger partial charge in [-0.05, 0) is 23.1 Å². The maximum atomic E-state index is 4.34. The van der Waals surface area contributed by atoms with Crippen LogP contribution in [0.3, 0.4) is 0 Å². The highest BCUT2D eigenvalue weighted by Crippen LogP contribution is 2.29. The molecule has 0 aliphatic heterocycles. The smallest absolute Gasteiger partial charge is 0.178 e. The summed E-state index contributed by atoms with van der Waals surface area (Å²) >= 11 is 0. The van der Waals surface area contributed by atoms with E-state index in [4.69, 9.17) is 0 Å². The van der Waals surface area contributed by atoms with Gasteiger partial charge in [-0.3, -0.25) is 0 Å². The minimum atomic E-state index is 0.758. The quantitative estimate of drug-likeness (QED) is 0.694. The minimum absolute atomic E-state index is 0.758. The van der Waals surface area contributed by atoms with E-state index in [1.165, 1.54) is 6.42 Å². The molecule has 1 aromatic rings. The van der Waals surface area contributed by atoms with Gasteiger partial charge in [0.05, 0.1) is 0 Å². The summed E-state index contributed by atoms with van der Waals surface area (Å²) in [4.78, 5) is 4.34. The summed E-state index contributed by atoms with van der Waals surface area (Å²) in [6.07, 6.45) is 5.18. The molecule has 0 N–H and O–H groups in total. The molecule has 0 spiro atoms. The summed E-state index contributed by atoms with van der Waals surface area (Å²) in [5.41, 5.74) is 0. The Kier molecular flexibility index (Phi) is 5.48. The molecule has 1 rings (SSSR count). The van der Waals surface area contributed by atoms with Crippen LogP contribution in [-0.2, 0) is 6.54 Å². The molecule has 0 saturated heterocycles. The van der Waals surface area contributed by atoms with Crippen LogP contribution in [0.15, 0.2) is 17.6 Å². The average molecular weight is 230 g/mol. The molecule has 14 heavy (non-hydrogen) atoms. The molecule has 0 saturated carbocycles. The van der Waals surface area contributed by atoms with Crippen LogP contribution in [0.5, 0.6) is 0 Å². The molecule has 0 aliphatic carbocycles. The zero-order valence-corrected chi connectivity index (χ0v) is 10.7. The van der Waals surface area contributed by atoms with Gasteiger partial charge in [0.2, 0.25) is 0 Å². The van der Waals surface area contributed by atoms with Crippen molar-refractivity contribution in [3.05, 3.63) is 12.4 Å². The fourth-order valence-electron chi connectivity index (χ4n) is 1.06. The number of aryl methyl sites for hydroxylation is 1. The first-order valence-electron chi connectivity index (χ1n) is 5.04. The lowest BCUT2D eigenvalue weighted by Gasteiger charge is -2.08. The molecular weight excluding hydrogens is 212 g/mol. The van der Waals surface area contributed by atoms with Crippen molar-refractivity contribution < 1.29 is 0 Å². The Morgan fingerprint density at radius 3 is 2.93 bits per heavy atom. The third kappa shape index (κ3) is 3.96. The van der Waals surface area contributed by atoms with Gasteiger partial charge in [0, 0.05) is 24.7 Å². The van der Waals surface area contributed by atoms with Crippen LogP contribution in [0.25, 0.3) is 0 Å². The Balaban J connectivity index is 2.45. The van der Waals surface area contributed by atoms with Crippen LogP contribution in [0.4, 0.5) is 0 Å². The first-order chi connectivity index (χ1) is 6.74. The molecule has 2 nitrogen and oxygen atoms in total. The Hall–Kier alpha value is -0.0900. The Bertz CT molecular complexity index is 258. The van der Waals surface area contributed by atoms with E-state index in [0.717, 1.165) is 23.4 Å². The summed E-state index contributed by atoms with van der Waals surface area (Å²) in [5, 5.41) is 1.14. The van der Waals surface area contributed by atoms with Crippen LogP contribution in [-0.4, -0.2) is 15.3 Å². The van der Waals surface area contributed by atoms with Gasteiger partial charge in [0.1, 0.15) is 0 Å². The average Bonchev–Trinajstić information content (AvgIpc) is 2.58. The lowest BCUT2D eigenvalue weighted by molar-refractivity contribution is 0.496. The molecule has 0 fully saturated rings. The second kappa shape index (κ2) is 6.40. The van der Waals surface area contributed by atoms with Gasteiger partial charge in [0.25, 0.3) is 0 Å². The molecule has 0 atom stereocenters. The molecular formula is C10H18N2S2. The number of hydrogen-bond donors (Lipinski definition) is 0. The predicted octanol–water partition coefficient (Wildman–Crippen LogP) is 3.69. The van der Waals surface area contributed by atoms with Gasteiger partial charge in [-0.2, -0.15) is 0 Å². The maximum absolute atomic E-state index is 4.34. The van der Waals surface area contributed by atoms with E-state index in [2.05, 4.69) is 36.5 Å². The van der Waals surface area contributed by atoms with Crippen molar-refractivity contribution >= 4 is 21.6 Å². The normalized spacial score (nSPS) is 11.1. The first-order valence-corrected chi connectivity index (χ1v) is 7.36. The number of aromatic nitrogens is 2. The minimum Gasteiger partial charge on any atom is -0.325 e. The monoisotopic (exact) mass is 230 g/mol. The largest absolute Gasteiger partial charge is 0.325 e. The number of rotatable bonds is 6. The van der Waals surface area contributed by atoms with E-state index in [1.54, 1.807) is 10.8 Å². The summed E-state index contributed by atoms with van der Waals surface area (Å²) in [7, 11) is 3.62. The van der Waals surface area contributed by atoms with E-state index in [1.807, 2.05) is 17.0 Å². The van der Waals surface area contributed by atoms with Crippen molar-refractivity contribution in [3.63, 3.8) is 0 Å². The lowest BCUT2D eigenvalue weighted by Crippen LogP contribution is -2.01. The van der Waals surface area contributed by atoms with Crippen molar-refractivity contribution in [2.75, 3.05) is 5.75 Å². The highest BCUT2D eigenvalue weighted by molar-refractivity contribution is 8.76. The van der Waals surface area contributed by atoms with Crippen LogP contribution >= 0.6 is 21.6 Å². The summed E-state index contributed by atoms with van der Waals surface area (Å²) in [6, 6.07) is 0. The maximum Gasteiger partial charge on any atom is 0.178 e. The molecule has 0 unspecified atom stereocenters. The van der Waals surface area contributed by atoms with Crippen molar-refractivity contribution in [1.29, 1.82) is 0 Å². The summed E-state index contributed by atoms with van der Waals surface area (Å²) in [6.45, 7) is 7.76. The van der Waals surface area contributed by atoms with Crippen molar-refractivity contribution in [2.45, 2.75) is 38.9 Å². The van der Waals surface area contributed by atoms with Gasteiger partial charge in [-0.25, -0.2) is 4.98 Å². The number of hydrogen-bond acceptors (Lipinski definition) is 3. The Morgan fingerprint density at radius 1 is 1.50 bits per heavy atom. The zero-order chi connectivity index (χ0) is 10.4. The molecule has 0 aromatic carbocycles. The number of imidazole rings is 1. The molecule has 1 aromatic heterocycles. The number of nitrogens with zero attached hydrogens (tertiary/aromatic N) is 2. The molecule has 4 heteroatoms. The fraction of sp³-hybridized carbons (Fsp3) is 0.700. The SMILES string of the molecule is CCSSc1nccn1CCC(C)C. The van der Waals surface area contributed by atoms with Crippen LogP contribution < -0.4 is 0 Å². The van der Waals surface area contributed by atoms with Gasteiger partial charge >= 0.3 is 0 Å². The third-order valence-electron chi connectivity index (χ3n) is 1.88. The van der Waals surface area contributed by atoms with E-state index in [0.29, 0.717) is 0 Å². The second-order valence-electron chi connectivity index (χ2n) is 3.58. The Morgan fingerprint density at radius 2 is 2.29 bits per heavy atom. The molecule has 0 radical (unpaired) electrons. The molecule has 80 valence electrons. The standard InChI is InChI=1S/C10H18N2S2/c1-4-13-14-10-11-6-8-12(10)7-5-9(2)3/h6,8-9H,4-5,7H2,1-3H3. The van der Waals surface area contributed by atoms with Crippen molar-refractivity contribution in [2.24, 2.45) is 5.92 Å². The first kappa shape index (κ1) is 12.0. The van der Waals surface area contributed by atoms with Gasteiger partial charge in [-0.1, -0.05) is 31.6 Å². The van der Waals surface area contributed by atoms with Gasteiger partial charge < -0.3 is 4.57 Å². The summed E-state index contributed by atoms with van der Waals surface area (Å²) in [5.74, 6) is 1.89. The van der Waals surface area contributed by atoms with Crippen molar-refractivity contribution in [3.8, 4) is 0 Å². The molecule has 0 amide bonds. The highest BCUT2D eigenvalue weighted by atomic mass is 33.1. The van der Waals surface area contributed by atoms with Gasteiger partial charge in [-0.15, -0.1) is 0 Å². The van der Waals surface area contributed by atoms with Crippen LogP contribution in [0.1, 0.15) is 27.2 Å². The van der Waals surface area contributed by atoms with E-state index in [9.17, 15) is 0 Å². The van der Waals surface area contributed by atoms with Crippen LogP contribution in [0.2, 0.25) is 0 Å². The highest BCUT2D eigenvalue weighted by Gasteiger charge is 2.03. The van der Waals surface area contributed by atoms with Gasteiger partial charge in [0.15, 0.2) is 5.16 Å². The van der Waals surface area contributed by atoms with E-state index < -0.39 is 0 Å². The second-order valence-corrected chi connectivity index (χ2v) is 6.13.